The fourth-order valence-electron chi connectivity index (χ4n) is 2.14. The standard InChI is InChI=1S/C16H26ClNO2/c1-11(2)6-5-7-12(3)18-10-13-8-14(17)9-15(20-4)16(13)19/h8-9,11-12,18-19H,5-7,10H2,1-4H3. The first-order chi connectivity index (χ1) is 9.43. The first-order valence-electron chi connectivity index (χ1n) is 7.22. The third-order valence-corrected chi connectivity index (χ3v) is 3.62. The van der Waals surface area contributed by atoms with Crippen molar-refractivity contribution >= 4 is 11.6 Å². The average Bonchev–Trinajstić information content (AvgIpc) is 2.38. The number of phenols is 1. The number of aromatic hydroxyl groups is 1. The molecule has 1 rings (SSSR count). The Morgan fingerprint density at radius 3 is 2.55 bits per heavy atom. The predicted molar refractivity (Wildman–Crippen MR) is 84.7 cm³/mol. The average molecular weight is 300 g/mol. The highest BCUT2D eigenvalue weighted by atomic mass is 35.5. The van der Waals surface area contributed by atoms with Gasteiger partial charge in [0.1, 0.15) is 0 Å². The number of nitrogens with one attached hydrogen (secondary N) is 1. The molecular formula is C16H26ClNO2. The number of hydrogen-bond acceptors (Lipinski definition) is 3. The fourth-order valence-corrected chi connectivity index (χ4v) is 2.37. The summed E-state index contributed by atoms with van der Waals surface area (Å²) in [6, 6.07) is 3.80. The van der Waals surface area contributed by atoms with E-state index in [-0.39, 0.29) is 5.75 Å². The summed E-state index contributed by atoms with van der Waals surface area (Å²) in [5.74, 6) is 1.34. The Morgan fingerprint density at radius 2 is 1.95 bits per heavy atom. The molecule has 1 unspecified atom stereocenters. The van der Waals surface area contributed by atoms with Gasteiger partial charge in [0.15, 0.2) is 11.5 Å². The molecule has 114 valence electrons. The lowest BCUT2D eigenvalue weighted by Crippen LogP contribution is -2.25. The topological polar surface area (TPSA) is 41.5 Å². The zero-order chi connectivity index (χ0) is 15.1. The molecule has 1 aromatic carbocycles. The molecule has 20 heavy (non-hydrogen) atoms. The van der Waals surface area contributed by atoms with Gasteiger partial charge in [0.2, 0.25) is 0 Å². The Labute approximate surface area is 127 Å². The van der Waals surface area contributed by atoms with Crippen molar-refractivity contribution in [1.82, 2.24) is 5.32 Å². The molecule has 0 saturated heterocycles. The van der Waals surface area contributed by atoms with Crippen LogP contribution in [-0.4, -0.2) is 18.3 Å². The minimum absolute atomic E-state index is 0.166. The highest BCUT2D eigenvalue weighted by molar-refractivity contribution is 6.30. The van der Waals surface area contributed by atoms with Gasteiger partial charge in [-0.25, -0.2) is 0 Å². The van der Waals surface area contributed by atoms with E-state index in [1.165, 1.54) is 20.0 Å². The van der Waals surface area contributed by atoms with Gasteiger partial charge in [-0.3, -0.25) is 0 Å². The van der Waals surface area contributed by atoms with Gasteiger partial charge in [-0.1, -0.05) is 38.3 Å². The molecule has 0 aliphatic rings. The van der Waals surface area contributed by atoms with E-state index in [1.807, 2.05) is 0 Å². The number of phenolic OH excluding ortho intramolecular Hbond substituents is 1. The largest absolute Gasteiger partial charge is 0.504 e. The minimum atomic E-state index is 0.166. The van der Waals surface area contributed by atoms with Crippen LogP contribution in [0.1, 0.15) is 45.6 Å². The smallest absolute Gasteiger partial charge is 0.162 e. The van der Waals surface area contributed by atoms with Crippen LogP contribution >= 0.6 is 11.6 Å². The summed E-state index contributed by atoms with van der Waals surface area (Å²) in [6.45, 7) is 7.24. The van der Waals surface area contributed by atoms with Crippen LogP contribution in [-0.2, 0) is 6.54 Å². The van der Waals surface area contributed by atoms with E-state index in [9.17, 15) is 5.11 Å². The van der Waals surface area contributed by atoms with Gasteiger partial charge in [0.25, 0.3) is 0 Å². The van der Waals surface area contributed by atoms with Crippen molar-refractivity contribution in [2.45, 2.75) is 52.6 Å². The summed E-state index contributed by atoms with van der Waals surface area (Å²) >= 11 is 6.02. The lowest BCUT2D eigenvalue weighted by molar-refractivity contribution is 0.368. The van der Waals surface area contributed by atoms with E-state index in [1.54, 1.807) is 12.1 Å². The first-order valence-corrected chi connectivity index (χ1v) is 7.60. The summed E-state index contributed by atoms with van der Waals surface area (Å²) in [7, 11) is 1.52. The Balaban J connectivity index is 2.50. The van der Waals surface area contributed by atoms with Gasteiger partial charge in [-0.15, -0.1) is 0 Å². The maximum atomic E-state index is 10.1. The quantitative estimate of drug-likeness (QED) is 0.749. The van der Waals surface area contributed by atoms with Crippen molar-refractivity contribution < 1.29 is 9.84 Å². The molecule has 0 bridgehead atoms. The normalized spacial score (nSPS) is 12.7. The maximum absolute atomic E-state index is 10.1. The summed E-state index contributed by atoms with van der Waals surface area (Å²) in [6.07, 6.45) is 3.61. The Morgan fingerprint density at radius 1 is 1.25 bits per heavy atom. The number of benzene rings is 1. The second kappa shape index (κ2) is 8.38. The van der Waals surface area contributed by atoms with Gasteiger partial charge in [-0.05, 0) is 25.3 Å². The number of rotatable bonds is 8. The molecule has 1 aromatic rings. The van der Waals surface area contributed by atoms with Crippen molar-refractivity contribution in [3.05, 3.63) is 22.7 Å². The zero-order valence-corrected chi connectivity index (χ0v) is 13.6. The minimum Gasteiger partial charge on any atom is -0.504 e. The lowest BCUT2D eigenvalue weighted by Gasteiger charge is -2.16. The summed E-state index contributed by atoms with van der Waals surface area (Å²) in [5, 5.41) is 14.0. The molecule has 0 aliphatic carbocycles. The second-order valence-electron chi connectivity index (χ2n) is 5.72. The Kier molecular flexibility index (Phi) is 7.17. The number of methoxy groups -OCH3 is 1. The molecule has 0 radical (unpaired) electrons. The van der Waals surface area contributed by atoms with Crippen molar-refractivity contribution in [3.8, 4) is 11.5 Å². The van der Waals surface area contributed by atoms with Gasteiger partial charge in [0, 0.05) is 29.2 Å². The van der Waals surface area contributed by atoms with Gasteiger partial charge in [0.05, 0.1) is 7.11 Å². The molecule has 0 fully saturated rings. The molecule has 0 saturated carbocycles. The van der Waals surface area contributed by atoms with Gasteiger partial charge >= 0.3 is 0 Å². The molecule has 0 aliphatic heterocycles. The second-order valence-corrected chi connectivity index (χ2v) is 6.16. The monoisotopic (exact) mass is 299 g/mol. The first kappa shape index (κ1) is 17.1. The third kappa shape index (κ3) is 5.59. The molecule has 0 aromatic heterocycles. The molecule has 0 spiro atoms. The molecule has 4 heteroatoms. The van der Waals surface area contributed by atoms with Crippen LogP contribution in [0.4, 0.5) is 0 Å². The van der Waals surface area contributed by atoms with E-state index < -0.39 is 0 Å². The van der Waals surface area contributed by atoms with E-state index in [4.69, 9.17) is 16.3 Å². The molecule has 0 amide bonds. The van der Waals surface area contributed by atoms with E-state index in [0.717, 1.165) is 17.9 Å². The molecule has 2 N–H and O–H groups in total. The Hall–Kier alpha value is -0.930. The summed E-state index contributed by atoms with van der Waals surface area (Å²) in [5.41, 5.74) is 0.769. The van der Waals surface area contributed by atoms with Crippen molar-refractivity contribution in [3.63, 3.8) is 0 Å². The van der Waals surface area contributed by atoms with Crippen molar-refractivity contribution in [2.24, 2.45) is 5.92 Å². The molecular weight excluding hydrogens is 274 g/mol. The van der Waals surface area contributed by atoms with Crippen LogP contribution < -0.4 is 10.1 Å². The van der Waals surface area contributed by atoms with E-state index in [2.05, 4.69) is 26.1 Å². The van der Waals surface area contributed by atoms with Crippen molar-refractivity contribution in [1.29, 1.82) is 0 Å². The van der Waals surface area contributed by atoms with Crippen LogP contribution in [0.5, 0.6) is 11.5 Å². The van der Waals surface area contributed by atoms with Crippen molar-refractivity contribution in [2.75, 3.05) is 7.11 Å². The number of hydrogen-bond donors (Lipinski definition) is 2. The van der Waals surface area contributed by atoms with Crippen LogP contribution in [0.3, 0.4) is 0 Å². The summed E-state index contributed by atoms with van der Waals surface area (Å²) < 4.78 is 5.10. The molecule has 1 atom stereocenters. The third-order valence-electron chi connectivity index (χ3n) is 3.40. The summed E-state index contributed by atoms with van der Waals surface area (Å²) in [4.78, 5) is 0. The highest BCUT2D eigenvalue weighted by Crippen LogP contribution is 2.33. The molecule has 0 heterocycles. The van der Waals surface area contributed by atoms with Gasteiger partial charge in [-0.2, -0.15) is 0 Å². The van der Waals surface area contributed by atoms with E-state index >= 15 is 0 Å². The lowest BCUT2D eigenvalue weighted by atomic mass is 10.0. The zero-order valence-electron chi connectivity index (χ0n) is 12.9. The van der Waals surface area contributed by atoms with Crippen LogP contribution in [0.25, 0.3) is 0 Å². The van der Waals surface area contributed by atoms with Crippen LogP contribution in [0.15, 0.2) is 12.1 Å². The van der Waals surface area contributed by atoms with Gasteiger partial charge < -0.3 is 15.2 Å². The predicted octanol–water partition coefficient (Wildman–Crippen LogP) is 4.36. The molecule has 3 nitrogen and oxygen atoms in total. The number of halogens is 1. The van der Waals surface area contributed by atoms with Crippen LogP contribution in [0, 0.1) is 5.92 Å². The highest BCUT2D eigenvalue weighted by Gasteiger charge is 2.11. The Bertz CT molecular complexity index is 421. The maximum Gasteiger partial charge on any atom is 0.162 e. The van der Waals surface area contributed by atoms with E-state index in [0.29, 0.717) is 23.4 Å². The van der Waals surface area contributed by atoms with Crippen LogP contribution in [0.2, 0.25) is 5.02 Å². The fraction of sp³-hybridized carbons (Fsp3) is 0.625. The number of ether oxygens (including phenoxy) is 1. The SMILES string of the molecule is COc1cc(Cl)cc(CNC(C)CCCC(C)C)c1O.